The fraction of sp³-hybridized carbons (Fsp3) is 1.00. The van der Waals surface area contributed by atoms with Crippen molar-refractivity contribution in [3.05, 3.63) is 0 Å². The molecule has 0 rings (SSSR count). The molecule has 4 nitrogen and oxygen atoms in total. The van der Waals surface area contributed by atoms with Gasteiger partial charge < -0.3 is 9.66 Å². The summed E-state index contributed by atoms with van der Waals surface area (Å²) in [6.07, 6.45) is 17.6. The van der Waals surface area contributed by atoms with Crippen LogP contribution in [0.4, 0.5) is 0 Å². The molecule has 0 aromatic heterocycles. The van der Waals surface area contributed by atoms with Crippen LogP contribution >= 0.6 is 0 Å². The molecule has 1 N–H and O–H groups in total. The smallest absolute Gasteiger partial charge is 0.748 e. The second-order valence-corrected chi connectivity index (χ2v) is 9.02. The van der Waals surface area contributed by atoms with Crippen molar-refractivity contribution in [1.29, 1.82) is 0 Å². The Balaban J connectivity index is 0. The Hall–Kier alpha value is 1.51. The van der Waals surface area contributed by atoms with Gasteiger partial charge in [0, 0.05) is 11.9 Å². The van der Waals surface area contributed by atoms with Crippen molar-refractivity contribution in [2.45, 2.75) is 121 Å². The van der Waals surface area contributed by atoms with E-state index in [1.165, 1.54) is 32.1 Å². The summed E-state index contributed by atoms with van der Waals surface area (Å²) in [5.74, 6) is 0. The predicted octanol–water partition coefficient (Wildman–Crippen LogP) is 2.55. The van der Waals surface area contributed by atoms with Gasteiger partial charge in [0.05, 0.1) is 10.1 Å². The molecule has 0 heterocycles. The molecule has 0 aromatic carbocycles. The van der Waals surface area contributed by atoms with Crippen LogP contribution in [0.2, 0.25) is 0 Å². The zero-order valence-corrected chi connectivity index (χ0v) is 21.3. The second-order valence-electron chi connectivity index (χ2n) is 7.37. The van der Waals surface area contributed by atoms with Gasteiger partial charge in [-0.25, -0.2) is 8.42 Å². The predicted molar refractivity (Wildman–Crippen MR) is 105 cm³/mol. The normalized spacial score (nSPS) is 12.7. The summed E-state index contributed by atoms with van der Waals surface area (Å²) >= 11 is 0. The Kier molecular flexibility index (Phi) is 24.2. The summed E-state index contributed by atoms with van der Waals surface area (Å²) in [6.45, 7) is 2.47. The van der Waals surface area contributed by atoms with Crippen molar-refractivity contribution in [3.63, 3.8) is 0 Å². The van der Waals surface area contributed by atoms with E-state index in [9.17, 15) is 13.0 Å². The van der Waals surface area contributed by atoms with Crippen molar-refractivity contribution in [2.24, 2.45) is 0 Å². The second kappa shape index (κ2) is 21.2. The zero-order chi connectivity index (χ0) is 18.8. The van der Waals surface area contributed by atoms with E-state index in [2.05, 4.69) is 6.92 Å². The van der Waals surface area contributed by atoms with Crippen molar-refractivity contribution < 1.29 is 69.5 Å². The number of aliphatic hydroxyl groups excluding tert-OH is 1. The summed E-state index contributed by atoms with van der Waals surface area (Å²) in [5.41, 5.74) is 0. The maximum Gasteiger partial charge on any atom is 1.00 e. The van der Waals surface area contributed by atoms with Crippen LogP contribution in [0.3, 0.4) is 0 Å². The molecule has 0 bridgehead atoms. The molecular formula is C20H41KO4S. The topological polar surface area (TPSA) is 77.4 Å². The van der Waals surface area contributed by atoms with Gasteiger partial charge in [-0.1, -0.05) is 96.8 Å². The fourth-order valence-corrected chi connectivity index (χ4v) is 4.22. The Morgan fingerprint density at radius 1 is 0.692 bits per heavy atom. The van der Waals surface area contributed by atoms with E-state index in [1.54, 1.807) is 0 Å². The minimum Gasteiger partial charge on any atom is -0.748 e. The average molecular weight is 417 g/mol. The molecule has 0 amide bonds. The standard InChI is InChI=1S/C20H42O4S.K/c1-2-3-4-5-6-8-11-14-17-20(25(22,23)24)18-15-12-9-7-10-13-16-19-21;/h20-21H,2-19H2,1H3,(H,22,23,24);/q;+1/p-1. The van der Waals surface area contributed by atoms with E-state index in [1.807, 2.05) is 0 Å². The first-order valence-corrected chi connectivity index (χ1v) is 12.0. The van der Waals surface area contributed by atoms with Gasteiger partial charge in [0.15, 0.2) is 0 Å². The summed E-state index contributed by atoms with van der Waals surface area (Å²) in [6, 6.07) is 0. The van der Waals surface area contributed by atoms with Gasteiger partial charge in [0.25, 0.3) is 0 Å². The van der Waals surface area contributed by atoms with E-state index >= 15 is 0 Å². The first-order chi connectivity index (χ1) is 12.0. The largest absolute Gasteiger partial charge is 1.00 e. The molecule has 0 aliphatic heterocycles. The van der Waals surface area contributed by atoms with Crippen LogP contribution in [0.1, 0.15) is 116 Å². The first kappa shape index (κ1) is 29.7. The molecule has 1 atom stereocenters. The molecule has 0 fully saturated rings. The third-order valence-corrected chi connectivity index (χ3v) is 6.26. The van der Waals surface area contributed by atoms with Gasteiger partial charge >= 0.3 is 51.4 Å². The zero-order valence-electron chi connectivity index (χ0n) is 17.4. The number of rotatable bonds is 19. The van der Waals surface area contributed by atoms with Crippen LogP contribution < -0.4 is 51.4 Å². The Morgan fingerprint density at radius 3 is 1.38 bits per heavy atom. The van der Waals surface area contributed by atoms with Crippen molar-refractivity contribution in [3.8, 4) is 0 Å². The molecule has 26 heavy (non-hydrogen) atoms. The first-order valence-electron chi connectivity index (χ1n) is 10.6. The van der Waals surface area contributed by atoms with Crippen LogP contribution in [0, 0.1) is 0 Å². The van der Waals surface area contributed by atoms with Crippen LogP contribution in [0.5, 0.6) is 0 Å². The molecule has 0 saturated carbocycles. The minimum atomic E-state index is -4.15. The van der Waals surface area contributed by atoms with Gasteiger partial charge in [0.2, 0.25) is 0 Å². The van der Waals surface area contributed by atoms with Gasteiger partial charge in [-0.05, 0) is 19.3 Å². The van der Waals surface area contributed by atoms with Crippen molar-refractivity contribution >= 4 is 10.1 Å². The Morgan fingerprint density at radius 2 is 1.04 bits per heavy atom. The number of hydrogen-bond donors (Lipinski definition) is 1. The molecule has 6 heteroatoms. The van der Waals surface area contributed by atoms with E-state index in [-0.39, 0.29) is 58.0 Å². The fourth-order valence-electron chi connectivity index (χ4n) is 3.31. The molecule has 0 aliphatic carbocycles. The molecule has 0 saturated heterocycles. The van der Waals surface area contributed by atoms with Crippen LogP contribution in [0.25, 0.3) is 0 Å². The van der Waals surface area contributed by atoms with Gasteiger partial charge in [-0.15, -0.1) is 0 Å². The molecule has 0 aromatic rings. The SMILES string of the molecule is CCCCCCCCCCC(CCCCCCCCCO)S(=O)(=O)[O-].[K+]. The monoisotopic (exact) mass is 416 g/mol. The van der Waals surface area contributed by atoms with E-state index in [4.69, 9.17) is 5.11 Å². The Bertz CT molecular complexity index is 354. The minimum absolute atomic E-state index is 0. The average Bonchev–Trinajstić information content (AvgIpc) is 2.56. The maximum atomic E-state index is 11.4. The van der Waals surface area contributed by atoms with Crippen molar-refractivity contribution in [1.82, 2.24) is 0 Å². The van der Waals surface area contributed by atoms with E-state index < -0.39 is 15.4 Å². The third kappa shape index (κ3) is 20.2. The van der Waals surface area contributed by atoms with Crippen molar-refractivity contribution in [2.75, 3.05) is 6.61 Å². The molecule has 0 radical (unpaired) electrons. The number of hydrogen-bond acceptors (Lipinski definition) is 4. The van der Waals surface area contributed by atoms with E-state index in [0.717, 1.165) is 64.2 Å². The molecule has 152 valence electrons. The maximum absolute atomic E-state index is 11.4. The Labute approximate surface area is 205 Å². The molecule has 0 aliphatic rings. The molecule has 1 unspecified atom stereocenters. The quantitative estimate of drug-likeness (QED) is 0.199. The number of unbranched alkanes of at least 4 members (excludes halogenated alkanes) is 13. The van der Waals surface area contributed by atoms with Gasteiger partial charge in [-0.2, -0.15) is 0 Å². The van der Waals surface area contributed by atoms with E-state index in [0.29, 0.717) is 12.8 Å². The van der Waals surface area contributed by atoms with Crippen LogP contribution in [-0.4, -0.2) is 29.9 Å². The molecular weight excluding hydrogens is 375 g/mol. The summed E-state index contributed by atoms with van der Waals surface area (Å²) < 4.78 is 34.3. The summed E-state index contributed by atoms with van der Waals surface area (Å²) in [4.78, 5) is 0. The van der Waals surface area contributed by atoms with Gasteiger partial charge in [-0.3, -0.25) is 0 Å². The summed E-state index contributed by atoms with van der Waals surface area (Å²) in [7, 11) is -4.15. The van der Waals surface area contributed by atoms with Crippen LogP contribution in [-0.2, 0) is 10.1 Å². The molecule has 0 spiro atoms. The summed E-state index contributed by atoms with van der Waals surface area (Å²) in [5, 5.41) is 8.03. The number of aliphatic hydroxyl groups is 1. The van der Waals surface area contributed by atoms with Crippen LogP contribution in [0.15, 0.2) is 0 Å². The van der Waals surface area contributed by atoms with Gasteiger partial charge in [0.1, 0.15) is 0 Å². The third-order valence-electron chi connectivity index (χ3n) is 4.97.